The number of hydrogen-bond acceptors (Lipinski definition) is 2. The van der Waals surface area contributed by atoms with Gasteiger partial charge in [0, 0.05) is 13.0 Å². The first-order valence-electron chi connectivity index (χ1n) is 6.65. The second-order valence-electron chi connectivity index (χ2n) is 5.01. The molecule has 3 nitrogen and oxygen atoms in total. The van der Waals surface area contributed by atoms with Crippen molar-refractivity contribution in [2.24, 2.45) is 0 Å². The topological polar surface area (TPSA) is 34.9 Å². The second kappa shape index (κ2) is 5.39. The van der Waals surface area contributed by atoms with Gasteiger partial charge in [0.25, 0.3) is 0 Å². The largest absolute Gasteiger partial charge is 0.292 e. The monoisotopic (exact) mass is 256 g/mol. The molecule has 0 saturated carbocycles. The Morgan fingerprint density at radius 2 is 1.89 bits per heavy atom. The maximum atomic E-state index is 12.3. The average Bonchev–Trinajstić information content (AvgIpc) is 2.75. The quantitative estimate of drug-likeness (QED) is 0.787. The lowest BCUT2D eigenvalue weighted by molar-refractivity contribution is 0.0983. The molecule has 0 spiro atoms. The summed E-state index contributed by atoms with van der Waals surface area (Å²) in [5, 5.41) is 4.32. The molecule has 0 fully saturated rings. The predicted octanol–water partition coefficient (Wildman–Crippen LogP) is 3.25. The van der Waals surface area contributed by atoms with Gasteiger partial charge < -0.3 is 0 Å². The summed E-state index contributed by atoms with van der Waals surface area (Å²) in [5.41, 5.74) is 5.15. The maximum absolute atomic E-state index is 12.3. The third kappa shape index (κ3) is 2.92. The zero-order chi connectivity index (χ0) is 14.0. The number of carbonyl (C=O) groups is 1. The van der Waals surface area contributed by atoms with Crippen LogP contribution in [0.15, 0.2) is 24.3 Å². The summed E-state index contributed by atoms with van der Waals surface area (Å²) < 4.78 is 1.78. The molecule has 0 amide bonds. The number of hydrogen-bond donors (Lipinski definition) is 0. The number of rotatable bonds is 4. The number of aryl methyl sites for hydroxylation is 4. The SMILES string of the molecule is CCn1nc(C)cc1C(=O)Cc1ccc(C)c(C)c1. The Morgan fingerprint density at radius 3 is 2.53 bits per heavy atom. The molecular weight excluding hydrogens is 236 g/mol. The van der Waals surface area contributed by atoms with Crippen molar-refractivity contribution in [1.29, 1.82) is 0 Å². The van der Waals surface area contributed by atoms with E-state index in [2.05, 4.69) is 31.1 Å². The fraction of sp³-hybridized carbons (Fsp3) is 0.375. The lowest BCUT2D eigenvalue weighted by Crippen LogP contribution is -2.11. The van der Waals surface area contributed by atoms with Crippen LogP contribution in [0.1, 0.15) is 39.8 Å². The summed E-state index contributed by atoms with van der Waals surface area (Å²) in [6.07, 6.45) is 0.437. The summed E-state index contributed by atoms with van der Waals surface area (Å²) in [6.45, 7) is 8.79. The number of nitrogens with zero attached hydrogens (tertiary/aromatic N) is 2. The molecule has 1 aromatic carbocycles. The van der Waals surface area contributed by atoms with Crippen LogP contribution in [0.3, 0.4) is 0 Å². The zero-order valence-corrected chi connectivity index (χ0v) is 12.0. The van der Waals surface area contributed by atoms with Gasteiger partial charge in [0.15, 0.2) is 5.78 Å². The average molecular weight is 256 g/mol. The molecule has 0 atom stereocenters. The first-order valence-corrected chi connectivity index (χ1v) is 6.65. The lowest BCUT2D eigenvalue weighted by atomic mass is 10.0. The van der Waals surface area contributed by atoms with E-state index in [1.807, 2.05) is 26.0 Å². The normalized spacial score (nSPS) is 10.7. The minimum absolute atomic E-state index is 0.130. The Labute approximate surface area is 114 Å². The standard InChI is InChI=1S/C16H20N2O/c1-5-18-15(9-13(4)17-18)16(19)10-14-7-6-11(2)12(3)8-14/h6-9H,5,10H2,1-4H3. The van der Waals surface area contributed by atoms with Crippen molar-refractivity contribution >= 4 is 5.78 Å². The van der Waals surface area contributed by atoms with E-state index in [0.717, 1.165) is 17.8 Å². The van der Waals surface area contributed by atoms with Crippen molar-refractivity contribution in [3.8, 4) is 0 Å². The van der Waals surface area contributed by atoms with Crippen molar-refractivity contribution in [2.45, 2.75) is 40.7 Å². The van der Waals surface area contributed by atoms with E-state index in [0.29, 0.717) is 12.1 Å². The molecule has 0 aliphatic heterocycles. The van der Waals surface area contributed by atoms with Crippen LogP contribution in [0.2, 0.25) is 0 Å². The first kappa shape index (κ1) is 13.5. The van der Waals surface area contributed by atoms with Gasteiger partial charge in [0.1, 0.15) is 5.69 Å². The molecular formula is C16H20N2O. The van der Waals surface area contributed by atoms with Crippen LogP contribution in [-0.2, 0) is 13.0 Å². The molecule has 1 aromatic heterocycles. The summed E-state index contributed by atoms with van der Waals surface area (Å²) in [7, 11) is 0. The Morgan fingerprint density at radius 1 is 1.16 bits per heavy atom. The fourth-order valence-electron chi connectivity index (χ4n) is 2.20. The molecule has 0 aliphatic rings. The molecule has 0 unspecified atom stereocenters. The van der Waals surface area contributed by atoms with E-state index in [1.165, 1.54) is 11.1 Å². The van der Waals surface area contributed by atoms with Crippen molar-refractivity contribution in [3.63, 3.8) is 0 Å². The molecule has 0 bridgehead atoms. The molecule has 2 aromatic rings. The highest BCUT2D eigenvalue weighted by Gasteiger charge is 2.13. The number of ketones is 1. The van der Waals surface area contributed by atoms with E-state index in [-0.39, 0.29) is 5.78 Å². The van der Waals surface area contributed by atoms with Gasteiger partial charge in [-0.15, -0.1) is 0 Å². The minimum Gasteiger partial charge on any atom is -0.292 e. The summed E-state index contributed by atoms with van der Waals surface area (Å²) >= 11 is 0. The van der Waals surface area contributed by atoms with Crippen LogP contribution in [0.5, 0.6) is 0 Å². The highest BCUT2D eigenvalue weighted by atomic mass is 16.1. The van der Waals surface area contributed by atoms with E-state index >= 15 is 0 Å². The van der Waals surface area contributed by atoms with E-state index in [4.69, 9.17) is 0 Å². The van der Waals surface area contributed by atoms with E-state index < -0.39 is 0 Å². The molecule has 2 rings (SSSR count). The minimum atomic E-state index is 0.130. The highest BCUT2D eigenvalue weighted by molar-refractivity contribution is 5.96. The molecule has 0 N–H and O–H groups in total. The molecule has 3 heteroatoms. The van der Waals surface area contributed by atoms with Crippen LogP contribution >= 0.6 is 0 Å². The van der Waals surface area contributed by atoms with E-state index in [9.17, 15) is 4.79 Å². The van der Waals surface area contributed by atoms with Crippen LogP contribution in [0.25, 0.3) is 0 Å². The van der Waals surface area contributed by atoms with Gasteiger partial charge in [0.05, 0.1) is 5.69 Å². The van der Waals surface area contributed by atoms with Crippen LogP contribution < -0.4 is 0 Å². The third-order valence-electron chi connectivity index (χ3n) is 3.42. The number of Topliss-reactive ketones (excluding diaryl/α,β-unsaturated/α-hetero) is 1. The number of benzene rings is 1. The van der Waals surface area contributed by atoms with Gasteiger partial charge >= 0.3 is 0 Å². The van der Waals surface area contributed by atoms with E-state index in [1.54, 1.807) is 4.68 Å². The molecule has 100 valence electrons. The van der Waals surface area contributed by atoms with Gasteiger partial charge in [-0.05, 0) is 50.5 Å². The van der Waals surface area contributed by atoms with Gasteiger partial charge in [-0.2, -0.15) is 5.10 Å². The van der Waals surface area contributed by atoms with Gasteiger partial charge in [-0.3, -0.25) is 9.48 Å². The lowest BCUT2D eigenvalue weighted by Gasteiger charge is -2.06. The van der Waals surface area contributed by atoms with Gasteiger partial charge in [0.2, 0.25) is 0 Å². The van der Waals surface area contributed by atoms with Gasteiger partial charge in [-0.25, -0.2) is 0 Å². The molecule has 19 heavy (non-hydrogen) atoms. The Balaban J connectivity index is 2.22. The molecule has 0 aliphatic carbocycles. The number of aromatic nitrogens is 2. The van der Waals surface area contributed by atoms with Crippen molar-refractivity contribution in [1.82, 2.24) is 9.78 Å². The molecule has 0 saturated heterocycles. The van der Waals surface area contributed by atoms with Crippen LogP contribution in [0.4, 0.5) is 0 Å². The first-order chi connectivity index (χ1) is 9.01. The third-order valence-corrected chi connectivity index (χ3v) is 3.42. The smallest absolute Gasteiger partial charge is 0.185 e. The van der Waals surface area contributed by atoms with Crippen molar-refractivity contribution in [2.75, 3.05) is 0 Å². The van der Waals surface area contributed by atoms with Crippen molar-refractivity contribution in [3.05, 3.63) is 52.3 Å². The summed E-state index contributed by atoms with van der Waals surface area (Å²) in [4.78, 5) is 12.3. The highest BCUT2D eigenvalue weighted by Crippen LogP contribution is 2.13. The Hall–Kier alpha value is -1.90. The zero-order valence-electron chi connectivity index (χ0n) is 12.0. The predicted molar refractivity (Wildman–Crippen MR) is 76.6 cm³/mol. The summed E-state index contributed by atoms with van der Waals surface area (Å²) in [5.74, 6) is 0.130. The van der Waals surface area contributed by atoms with Gasteiger partial charge in [-0.1, -0.05) is 18.2 Å². The molecule has 0 radical (unpaired) electrons. The Bertz CT molecular complexity index is 611. The maximum Gasteiger partial charge on any atom is 0.185 e. The molecule has 1 heterocycles. The number of carbonyl (C=O) groups excluding carboxylic acids is 1. The van der Waals surface area contributed by atoms with Crippen molar-refractivity contribution < 1.29 is 4.79 Å². The fourth-order valence-corrected chi connectivity index (χ4v) is 2.20. The Kier molecular flexibility index (Phi) is 3.84. The summed E-state index contributed by atoms with van der Waals surface area (Å²) in [6, 6.07) is 8.06. The second-order valence-corrected chi connectivity index (χ2v) is 5.01. The van der Waals surface area contributed by atoms with Crippen LogP contribution in [0, 0.1) is 20.8 Å². The van der Waals surface area contributed by atoms with Crippen LogP contribution in [-0.4, -0.2) is 15.6 Å².